The fourth-order valence-corrected chi connectivity index (χ4v) is 2.11. The number of allylic oxidation sites excluding steroid dienone is 1. The summed E-state index contributed by atoms with van der Waals surface area (Å²) < 4.78 is 5.58. The standard InChI is InChI=1S/C13H13NO4/c1-2-13(9-12(15)6-7-18-13)10-4-3-5-11(8-10)14(16)17/h3-8H,2,9H2,1H3. The van der Waals surface area contributed by atoms with E-state index in [0.717, 1.165) is 0 Å². The third-order valence-corrected chi connectivity index (χ3v) is 3.16. The summed E-state index contributed by atoms with van der Waals surface area (Å²) in [6.45, 7) is 1.89. The Bertz CT molecular complexity index is 523. The lowest BCUT2D eigenvalue weighted by Crippen LogP contribution is -2.32. The second-order valence-corrected chi connectivity index (χ2v) is 4.22. The van der Waals surface area contributed by atoms with Crippen molar-refractivity contribution in [2.45, 2.75) is 25.4 Å². The second-order valence-electron chi connectivity index (χ2n) is 4.22. The maximum atomic E-state index is 11.5. The number of carbonyl (C=O) groups is 1. The lowest BCUT2D eigenvalue weighted by molar-refractivity contribution is -0.385. The van der Waals surface area contributed by atoms with Gasteiger partial charge in [0.25, 0.3) is 5.69 Å². The van der Waals surface area contributed by atoms with Gasteiger partial charge in [-0.3, -0.25) is 14.9 Å². The SMILES string of the molecule is CCC1(c2cccc([N+](=O)[O-])c2)CC(=O)C=CO1. The lowest BCUT2D eigenvalue weighted by atomic mass is 9.84. The first-order chi connectivity index (χ1) is 8.57. The summed E-state index contributed by atoms with van der Waals surface area (Å²) in [5.74, 6) is -0.0328. The molecule has 1 unspecified atom stereocenters. The van der Waals surface area contributed by atoms with Crippen molar-refractivity contribution in [1.82, 2.24) is 0 Å². The molecule has 0 saturated carbocycles. The summed E-state index contributed by atoms with van der Waals surface area (Å²) in [4.78, 5) is 21.9. The molecule has 1 aromatic rings. The molecule has 0 N–H and O–H groups in total. The average molecular weight is 247 g/mol. The van der Waals surface area contributed by atoms with Crippen LogP contribution in [0.5, 0.6) is 0 Å². The largest absolute Gasteiger partial charge is 0.490 e. The monoisotopic (exact) mass is 247 g/mol. The Morgan fingerprint density at radius 2 is 2.28 bits per heavy atom. The van der Waals surface area contributed by atoms with E-state index in [2.05, 4.69) is 0 Å². The Morgan fingerprint density at radius 3 is 2.89 bits per heavy atom. The van der Waals surface area contributed by atoms with Crippen LogP contribution in [0.25, 0.3) is 0 Å². The molecular formula is C13H13NO4. The molecule has 0 fully saturated rings. The third kappa shape index (κ3) is 2.11. The van der Waals surface area contributed by atoms with Crippen molar-refractivity contribution in [2.24, 2.45) is 0 Å². The van der Waals surface area contributed by atoms with E-state index in [1.807, 2.05) is 6.92 Å². The van der Waals surface area contributed by atoms with Gasteiger partial charge in [-0.25, -0.2) is 0 Å². The predicted molar refractivity (Wildman–Crippen MR) is 64.9 cm³/mol. The zero-order valence-corrected chi connectivity index (χ0v) is 9.96. The lowest BCUT2D eigenvalue weighted by Gasteiger charge is -2.33. The average Bonchev–Trinajstić information content (AvgIpc) is 2.38. The summed E-state index contributed by atoms with van der Waals surface area (Å²) in [5, 5.41) is 10.8. The first kappa shape index (κ1) is 12.3. The summed E-state index contributed by atoms with van der Waals surface area (Å²) in [5.41, 5.74) is -0.111. The third-order valence-electron chi connectivity index (χ3n) is 3.16. The van der Waals surface area contributed by atoms with Crippen LogP contribution in [-0.4, -0.2) is 10.7 Å². The van der Waals surface area contributed by atoms with E-state index in [0.29, 0.717) is 12.0 Å². The van der Waals surface area contributed by atoms with Crippen molar-refractivity contribution in [3.63, 3.8) is 0 Å². The number of nitro groups is 1. The zero-order chi connectivity index (χ0) is 13.2. The molecule has 18 heavy (non-hydrogen) atoms. The van der Waals surface area contributed by atoms with Gasteiger partial charge in [0.15, 0.2) is 5.78 Å². The molecule has 5 heteroatoms. The second kappa shape index (κ2) is 4.60. The molecule has 5 nitrogen and oxygen atoms in total. The highest BCUT2D eigenvalue weighted by Crippen LogP contribution is 2.37. The fourth-order valence-electron chi connectivity index (χ4n) is 2.11. The number of carbonyl (C=O) groups excluding carboxylic acids is 1. The van der Waals surface area contributed by atoms with Crippen LogP contribution in [0.4, 0.5) is 5.69 Å². The number of ketones is 1. The van der Waals surface area contributed by atoms with E-state index in [-0.39, 0.29) is 17.9 Å². The van der Waals surface area contributed by atoms with Crippen molar-refractivity contribution in [3.8, 4) is 0 Å². The molecule has 94 valence electrons. The molecular weight excluding hydrogens is 234 g/mol. The molecule has 1 aromatic carbocycles. The van der Waals surface area contributed by atoms with Crippen LogP contribution in [0.3, 0.4) is 0 Å². The van der Waals surface area contributed by atoms with E-state index in [1.54, 1.807) is 12.1 Å². The Balaban J connectivity index is 2.44. The zero-order valence-electron chi connectivity index (χ0n) is 9.96. The normalized spacial score (nSPS) is 22.6. The van der Waals surface area contributed by atoms with Crippen molar-refractivity contribution in [1.29, 1.82) is 0 Å². The van der Waals surface area contributed by atoms with E-state index >= 15 is 0 Å². The first-order valence-corrected chi connectivity index (χ1v) is 5.69. The van der Waals surface area contributed by atoms with Gasteiger partial charge in [0, 0.05) is 23.8 Å². The van der Waals surface area contributed by atoms with E-state index in [9.17, 15) is 14.9 Å². The number of hydrogen-bond donors (Lipinski definition) is 0. The Labute approximate surface area is 104 Å². The quantitative estimate of drug-likeness (QED) is 0.608. The molecule has 0 saturated heterocycles. The predicted octanol–water partition coefficient (Wildman–Crippen LogP) is 2.70. The topological polar surface area (TPSA) is 69.4 Å². The van der Waals surface area contributed by atoms with Gasteiger partial charge in [-0.1, -0.05) is 19.1 Å². The van der Waals surface area contributed by atoms with Gasteiger partial charge >= 0.3 is 0 Å². The smallest absolute Gasteiger partial charge is 0.269 e. The fraction of sp³-hybridized carbons (Fsp3) is 0.308. The Kier molecular flexibility index (Phi) is 3.14. The van der Waals surface area contributed by atoms with Gasteiger partial charge in [-0.15, -0.1) is 0 Å². The number of non-ortho nitro benzene ring substituents is 1. The number of ether oxygens (including phenoxy) is 1. The van der Waals surface area contributed by atoms with Gasteiger partial charge in [0.05, 0.1) is 17.6 Å². The minimum atomic E-state index is -0.780. The summed E-state index contributed by atoms with van der Waals surface area (Å²) >= 11 is 0. The van der Waals surface area contributed by atoms with E-state index in [1.165, 1.54) is 24.5 Å². The van der Waals surface area contributed by atoms with Crippen LogP contribution in [0, 0.1) is 10.1 Å². The van der Waals surface area contributed by atoms with Gasteiger partial charge < -0.3 is 4.74 Å². The highest BCUT2D eigenvalue weighted by atomic mass is 16.6. The summed E-state index contributed by atoms with van der Waals surface area (Å²) in [6.07, 6.45) is 3.53. The molecule has 1 heterocycles. The van der Waals surface area contributed by atoms with Crippen LogP contribution >= 0.6 is 0 Å². The molecule has 0 bridgehead atoms. The number of nitro benzene ring substituents is 1. The Hall–Kier alpha value is -2.17. The van der Waals surface area contributed by atoms with Gasteiger partial charge in [-0.05, 0) is 6.42 Å². The molecule has 0 aromatic heterocycles. The molecule has 1 aliphatic rings. The van der Waals surface area contributed by atoms with Gasteiger partial charge in [-0.2, -0.15) is 0 Å². The van der Waals surface area contributed by atoms with Crippen molar-refractivity contribution in [3.05, 3.63) is 52.3 Å². The number of hydrogen-bond acceptors (Lipinski definition) is 4. The van der Waals surface area contributed by atoms with Crippen LogP contribution in [0.2, 0.25) is 0 Å². The maximum Gasteiger partial charge on any atom is 0.269 e. The highest BCUT2D eigenvalue weighted by molar-refractivity contribution is 5.91. The van der Waals surface area contributed by atoms with Crippen molar-refractivity contribution >= 4 is 11.5 Å². The molecule has 0 amide bonds. The molecule has 1 aliphatic heterocycles. The number of nitrogens with zero attached hydrogens (tertiary/aromatic N) is 1. The van der Waals surface area contributed by atoms with Gasteiger partial charge in [0.2, 0.25) is 0 Å². The molecule has 1 atom stereocenters. The summed E-state index contributed by atoms with van der Waals surface area (Å²) in [6, 6.07) is 6.25. The van der Waals surface area contributed by atoms with Crippen molar-refractivity contribution in [2.75, 3.05) is 0 Å². The van der Waals surface area contributed by atoms with E-state index in [4.69, 9.17) is 4.74 Å². The molecule has 2 rings (SSSR count). The van der Waals surface area contributed by atoms with Crippen molar-refractivity contribution < 1.29 is 14.5 Å². The van der Waals surface area contributed by atoms with E-state index < -0.39 is 10.5 Å². The van der Waals surface area contributed by atoms with Crippen LogP contribution in [0.15, 0.2) is 36.6 Å². The van der Waals surface area contributed by atoms with Crippen LogP contribution < -0.4 is 0 Å². The minimum Gasteiger partial charge on any atom is -0.490 e. The molecule has 0 spiro atoms. The number of benzene rings is 1. The Morgan fingerprint density at radius 1 is 1.50 bits per heavy atom. The molecule has 0 aliphatic carbocycles. The maximum absolute atomic E-state index is 11.5. The highest BCUT2D eigenvalue weighted by Gasteiger charge is 2.36. The first-order valence-electron chi connectivity index (χ1n) is 5.69. The van der Waals surface area contributed by atoms with Crippen LogP contribution in [-0.2, 0) is 15.1 Å². The number of rotatable bonds is 3. The van der Waals surface area contributed by atoms with Crippen LogP contribution in [0.1, 0.15) is 25.3 Å². The minimum absolute atomic E-state index is 0.00549. The molecule has 0 radical (unpaired) electrons. The summed E-state index contributed by atoms with van der Waals surface area (Å²) in [7, 11) is 0. The van der Waals surface area contributed by atoms with Gasteiger partial charge in [0.1, 0.15) is 5.60 Å².